The number of rotatable bonds is 8. The summed E-state index contributed by atoms with van der Waals surface area (Å²) in [7, 11) is 1.61. The standard InChI is InChI=1S/C17H28N2O3/c1-13(20)10-17(2,3)12-18-16(21)19-15(11-22-4)14-8-6-5-7-9-14/h5-9,13,15,20H,10-12H2,1-4H3,(H2,18,19,21). The van der Waals surface area contributed by atoms with Crippen LogP contribution in [0.15, 0.2) is 30.3 Å². The minimum atomic E-state index is -0.384. The van der Waals surface area contributed by atoms with Crippen molar-refractivity contribution in [2.45, 2.75) is 39.3 Å². The zero-order valence-corrected chi connectivity index (χ0v) is 13.9. The lowest BCUT2D eigenvalue weighted by Crippen LogP contribution is -2.43. The average Bonchev–Trinajstić information content (AvgIpc) is 2.44. The van der Waals surface area contributed by atoms with E-state index in [0.717, 1.165) is 5.56 Å². The third-order valence-electron chi connectivity index (χ3n) is 3.42. The van der Waals surface area contributed by atoms with Gasteiger partial charge in [0.25, 0.3) is 0 Å². The Morgan fingerprint density at radius 2 is 1.95 bits per heavy atom. The summed E-state index contributed by atoms with van der Waals surface area (Å²) in [6.07, 6.45) is 0.249. The normalized spacial score (nSPS) is 14.2. The van der Waals surface area contributed by atoms with Gasteiger partial charge in [-0.05, 0) is 24.3 Å². The molecule has 5 nitrogen and oxygen atoms in total. The van der Waals surface area contributed by atoms with Crippen molar-refractivity contribution in [3.8, 4) is 0 Å². The Bertz CT molecular complexity index is 446. The summed E-state index contributed by atoms with van der Waals surface area (Å²) in [5.74, 6) is 0. The van der Waals surface area contributed by atoms with Gasteiger partial charge in [-0.15, -0.1) is 0 Å². The van der Waals surface area contributed by atoms with Gasteiger partial charge in [0.1, 0.15) is 0 Å². The van der Waals surface area contributed by atoms with Gasteiger partial charge >= 0.3 is 6.03 Å². The molecule has 0 spiro atoms. The first-order valence-electron chi connectivity index (χ1n) is 7.60. The number of carbonyl (C=O) groups excluding carboxylic acids is 1. The van der Waals surface area contributed by atoms with E-state index in [0.29, 0.717) is 19.6 Å². The van der Waals surface area contributed by atoms with Gasteiger partial charge in [-0.1, -0.05) is 44.2 Å². The number of benzene rings is 1. The van der Waals surface area contributed by atoms with Crippen LogP contribution in [0.25, 0.3) is 0 Å². The molecule has 0 heterocycles. The smallest absolute Gasteiger partial charge is 0.315 e. The molecule has 0 aliphatic carbocycles. The van der Waals surface area contributed by atoms with Gasteiger partial charge in [0.2, 0.25) is 0 Å². The Kier molecular flexibility index (Phi) is 7.35. The van der Waals surface area contributed by atoms with Crippen LogP contribution in [-0.2, 0) is 4.74 Å². The van der Waals surface area contributed by atoms with Crippen LogP contribution in [0.1, 0.15) is 38.8 Å². The van der Waals surface area contributed by atoms with E-state index >= 15 is 0 Å². The van der Waals surface area contributed by atoms with Crippen molar-refractivity contribution >= 4 is 6.03 Å². The molecule has 1 aromatic carbocycles. The number of aliphatic hydroxyl groups excluding tert-OH is 1. The van der Waals surface area contributed by atoms with E-state index in [1.54, 1.807) is 14.0 Å². The molecule has 0 fully saturated rings. The van der Waals surface area contributed by atoms with E-state index in [9.17, 15) is 9.90 Å². The van der Waals surface area contributed by atoms with Gasteiger partial charge in [0.05, 0.1) is 18.8 Å². The number of hydrogen-bond donors (Lipinski definition) is 3. The van der Waals surface area contributed by atoms with Gasteiger partial charge in [-0.2, -0.15) is 0 Å². The van der Waals surface area contributed by atoms with Crippen LogP contribution in [0.5, 0.6) is 0 Å². The van der Waals surface area contributed by atoms with Gasteiger partial charge in [-0.3, -0.25) is 0 Å². The lowest BCUT2D eigenvalue weighted by atomic mass is 9.87. The molecule has 1 aromatic rings. The first kappa shape index (κ1) is 18.5. The summed E-state index contributed by atoms with van der Waals surface area (Å²) in [5.41, 5.74) is 0.845. The second-order valence-electron chi connectivity index (χ2n) is 6.46. The summed E-state index contributed by atoms with van der Waals surface area (Å²) < 4.78 is 5.18. The molecule has 0 saturated heterocycles. The van der Waals surface area contributed by atoms with Crippen molar-refractivity contribution in [1.82, 2.24) is 10.6 Å². The highest BCUT2D eigenvalue weighted by atomic mass is 16.5. The summed E-state index contributed by atoms with van der Waals surface area (Å²) in [6, 6.07) is 9.30. The number of amides is 2. The van der Waals surface area contributed by atoms with Crippen molar-refractivity contribution in [3.05, 3.63) is 35.9 Å². The highest BCUT2D eigenvalue weighted by molar-refractivity contribution is 5.74. The molecule has 1 rings (SSSR count). The number of nitrogens with one attached hydrogen (secondary N) is 2. The molecule has 22 heavy (non-hydrogen) atoms. The van der Waals surface area contributed by atoms with Gasteiger partial charge in [-0.25, -0.2) is 4.79 Å². The Hall–Kier alpha value is -1.59. The zero-order chi connectivity index (χ0) is 16.6. The summed E-state index contributed by atoms with van der Waals surface area (Å²) in [6.45, 7) is 6.70. The largest absolute Gasteiger partial charge is 0.393 e. The second kappa shape index (κ2) is 8.76. The highest BCUT2D eigenvalue weighted by Crippen LogP contribution is 2.21. The third kappa shape index (κ3) is 6.91. The maximum Gasteiger partial charge on any atom is 0.315 e. The average molecular weight is 308 g/mol. The second-order valence-corrected chi connectivity index (χ2v) is 6.46. The SMILES string of the molecule is COCC(NC(=O)NCC(C)(C)CC(C)O)c1ccccc1. The number of urea groups is 1. The zero-order valence-electron chi connectivity index (χ0n) is 13.9. The minimum Gasteiger partial charge on any atom is -0.393 e. The Labute approximate surface area is 133 Å². The lowest BCUT2D eigenvalue weighted by molar-refractivity contribution is 0.128. The number of hydrogen-bond acceptors (Lipinski definition) is 3. The van der Waals surface area contributed by atoms with E-state index < -0.39 is 0 Å². The van der Waals surface area contributed by atoms with Crippen molar-refractivity contribution < 1.29 is 14.6 Å². The fourth-order valence-electron chi connectivity index (χ4n) is 2.47. The Morgan fingerprint density at radius 1 is 1.32 bits per heavy atom. The van der Waals surface area contributed by atoms with E-state index in [2.05, 4.69) is 10.6 Å². The van der Waals surface area contributed by atoms with Crippen LogP contribution >= 0.6 is 0 Å². The van der Waals surface area contributed by atoms with Crippen molar-refractivity contribution in [2.24, 2.45) is 5.41 Å². The van der Waals surface area contributed by atoms with E-state index in [1.165, 1.54) is 0 Å². The number of ether oxygens (including phenoxy) is 1. The molecular weight excluding hydrogens is 280 g/mol. The molecule has 3 N–H and O–H groups in total. The van der Waals surface area contributed by atoms with Crippen LogP contribution in [-0.4, -0.2) is 37.5 Å². The molecule has 2 amide bonds. The first-order valence-corrected chi connectivity index (χ1v) is 7.60. The van der Waals surface area contributed by atoms with E-state index in [1.807, 2.05) is 44.2 Å². The molecule has 124 valence electrons. The molecule has 2 atom stereocenters. The monoisotopic (exact) mass is 308 g/mol. The van der Waals surface area contributed by atoms with E-state index in [-0.39, 0.29) is 23.6 Å². The summed E-state index contributed by atoms with van der Waals surface area (Å²) in [4.78, 5) is 12.1. The van der Waals surface area contributed by atoms with Crippen LogP contribution in [0.3, 0.4) is 0 Å². The predicted molar refractivity (Wildman–Crippen MR) is 87.7 cm³/mol. The molecule has 0 saturated carbocycles. The number of carbonyl (C=O) groups is 1. The molecule has 0 aliphatic rings. The fraction of sp³-hybridized carbons (Fsp3) is 0.588. The lowest BCUT2D eigenvalue weighted by Gasteiger charge is -2.27. The van der Waals surface area contributed by atoms with Crippen LogP contribution < -0.4 is 10.6 Å². The van der Waals surface area contributed by atoms with Gasteiger partial charge in [0.15, 0.2) is 0 Å². The summed E-state index contributed by atoms with van der Waals surface area (Å²) >= 11 is 0. The van der Waals surface area contributed by atoms with Crippen LogP contribution in [0.4, 0.5) is 4.79 Å². The molecule has 0 bridgehead atoms. The van der Waals surface area contributed by atoms with E-state index in [4.69, 9.17) is 4.74 Å². The molecule has 5 heteroatoms. The first-order chi connectivity index (χ1) is 10.3. The highest BCUT2D eigenvalue weighted by Gasteiger charge is 2.22. The molecule has 2 unspecified atom stereocenters. The minimum absolute atomic E-state index is 0.158. The van der Waals surface area contributed by atoms with Gasteiger partial charge in [0, 0.05) is 13.7 Å². The summed E-state index contributed by atoms with van der Waals surface area (Å²) in [5, 5.41) is 15.3. The topological polar surface area (TPSA) is 70.6 Å². The molecule has 0 aromatic heterocycles. The Balaban J connectivity index is 2.54. The van der Waals surface area contributed by atoms with Crippen molar-refractivity contribution in [1.29, 1.82) is 0 Å². The maximum absolute atomic E-state index is 12.1. The van der Waals surface area contributed by atoms with Crippen LogP contribution in [0, 0.1) is 5.41 Å². The third-order valence-corrected chi connectivity index (χ3v) is 3.42. The molecular formula is C17H28N2O3. The number of aliphatic hydroxyl groups is 1. The molecule has 0 radical (unpaired) electrons. The maximum atomic E-state index is 12.1. The quantitative estimate of drug-likeness (QED) is 0.691. The van der Waals surface area contributed by atoms with Gasteiger partial charge < -0.3 is 20.5 Å². The van der Waals surface area contributed by atoms with Crippen molar-refractivity contribution in [2.75, 3.05) is 20.3 Å². The predicted octanol–water partition coefficient (Wildman–Crippen LogP) is 2.47. The molecule has 0 aliphatic heterocycles. The number of methoxy groups -OCH3 is 1. The fourth-order valence-corrected chi connectivity index (χ4v) is 2.47. The van der Waals surface area contributed by atoms with Crippen molar-refractivity contribution in [3.63, 3.8) is 0 Å². The van der Waals surface area contributed by atoms with Crippen LogP contribution in [0.2, 0.25) is 0 Å². The Morgan fingerprint density at radius 3 is 2.50 bits per heavy atom.